The number of aromatic nitrogens is 2. The van der Waals surface area contributed by atoms with Gasteiger partial charge in [-0.1, -0.05) is 20.8 Å². The van der Waals surface area contributed by atoms with Crippen molar-refractivity contribution in [1.29, 1.82) is 0 Å². The van der Waals surface area contributed by atoms with Crippen molar-refractivity contribution < 1.29 is 0 Å². The third kappa shape index (κ3) is 3.22. The number of hydrogen-bond acceptors (Lipinski definition) is 2. The summed E-state index contributed by atoms with van der Waals surface area (Å²) in [7, 11) is 0. The van der Waals surface area contributed by atoms with Crippen molar-refractivity contribution in [2.75, 3.05) is 13.1 Å². The van der Waals surface area contributed by atoms with Crippen LogP contribution in [0.25, 0.3) is 0 Å². The highest BCUT2D eigenvalue weighted by molar-refractivity contribution is 9.10. The van der Waals surface area contributed by atoms with Crippen LogP contribution in [0.3, 0.4) is 0 Å². The Morgan fingerprint density at radius 1 is 1.26 bits per heavy atom. The Labute approximate surface area is 125 Å². The standard InChI is InChI=1S/C15H26BrN3/c1-5-13-15(16)14(19(6-2)17-13)10-18-8-7-11(3)12(4)9-18/h11-12H,5-10H2,1-4H3. The van der Waals surface area contributed by atoms with E-state index in [1.165, 1.54) is 35.4 Å². The molecule has 4 heteroatoms. The summed E-state index contributed by atoms with van der Waals surface area (Å²) < 4.78 is 3.38. The monoisotopic (exact) mass is 327 g/mol. The molecule has 0 amide bonds. The van der Waals surface area contributed by atoms with E-state index in [4.69, 9.17) is 0 Å². The molecule has 0 aliphatic carbocycles. The molecule has 1 fully saturated rings. The maximum atomic E-state index is 4.69. The molecular formula is C15H26BrN3. The first-order valence-electron chi connectivity index (χ1n) is 7.53. The van der Waals surface area contributed by atoms with Crippen LogP contribution in [0.15, 0.2) is 4.47 Å². The number of likely N-dealkylation sites (tertiary alicyclic amines) is 1. The van der Waals surface area contributed by atoms with E-state index in [0.29, 0.717) is 0 Å². The van der Waals surface area contributed by atoms with Gasteiger partial charge in [-0.05, 0) is 54.1 Å². The highest BCUT2D eigenvalue weighted by Gasteiger charge is 2.24. The zero-order chi connectivity index (χ0) is 14.0. The molecule has 1 aromatic rings. The first kappa shape index (κ1) is 15.0. The Morgan fingerprint density at radius 3 is 2.58 bits per heavy atom. The smallest absolute Gasteiger partial charge is 0.0767 e. The third-order valence-electron chi connectivity index (χ3n) is 4.49. The van der Waals surface area contributed by atoms with E-state index < -0.39 is 0 Å². The fraction of sp³-hybridized carbons (Fsp3) is 0.800. The molecule has 19 heavy (non-hydrogen) atoms. The zero-order valence-corrected chi connectivity index (χ0v) is 14.2. The molecule has 2 heterocycles. The summed E-state index contributed by atoms with van der Waals surface area (Å²) in [5.41, 5.74) is 2.54. The molecule has 2 unspecified atom stereocenters. The maximum absolute atomic E-state index is 4.69. The molecule has 0 saturated carbocycles. The predicted octanol–water partition coefficient (Wildman–Crippen LogP) is 3.71. The van der Waals surface area contributed by atoms with Gasteiger partial charge in [-0.15, -0.1) is 0 Å². The number of halogens is 1. The van der Waals surface area contributed by atoms with Gasteiger partial charge in [0.1, 0.15) is 0 Å². The Balaban J connectivity index is 2.12. The van der Waals surface area contributed by atoms with Gasteiger partial charge in [-0.2, -0.15) is 5.10 Å². The van der Waals surface area contributed by atoms with Crippen LogP contribution in [0.1, 0.15) is 45.5 Å². The lowest BCUT2D eigenvalue weighted by molar-refractivity contribution is 0.129. The quantitative estimate of drug-likeness (QED) is 0.840. The lowest BCUT2D eigenvalue weighted by Gasteiger charge is -2.35. The number of piperidine rings is 1. The molecule has 3 nitrogen and oxygen atoms in total. The van der Waals surface area contributed by atoms with Crippen LogP contribution in [0.4, 0.5) is 0 Å². The summed E-state index contributed by atoms with van der Waals surface area (Å²) in [6.45, 7) is 13.5. The molecular weight excluding hydrogens is 302 g/mol. The number of nitrogens with zero attached hydrogens (tertiary/aromatic N) is 3. The van der Waals surface area contributed by atoms with Gasteiger partial charge in [-0.25, -0.2) is 0 Å². The Morgan fingerprint density at radius 2 is 2.00 bits per heavy atom. The predicted molar refractivity (Wildman–Crippen MR) is 83.2 cm³/mol. The van der Waals surface area contributed by atoms with Crippen molar-refractivity contribution in [1.82, 2.24) is 14.7 Å². The summed E-state index contributed by atoms with van der Waals surface area (Å²) in [6.07, 6.45) is 2.31. The van der Waals surface area contributed by atoms with Crippen LogP contribution in [0.2, 0.25) is 0 Å². The second kappa shape index (κ2) is 6.40. The highest BCUT2D eigenvalue weighted by Crippen LogP contribution is 2.27. The summed E-state index contributed by atoms with van der Waals surface area (Å²) >= 11 is 3.75. The molecule has 2 rings (SSSR count). The van der Waals surface area contributed by atoms with Gasteiger partial charge in [0.25, 0.3) is 0 Å². The van der Waals surface area contributed by atoms with E-state index in [1.54, 1.807) is 0 Å². The lowest BCUT2D eigenvalue weighted by Crippen LogP contribution is -2.38. The molecule has 1 saturated heterocycles. The largest absolute Gasteiger partial charge is 0.297 e. The first-order valence-corrected chi connectivity index (χ1v) is 8.32. The lowest BCUT2D eigenvalue weighted by atomic mass is 9.88. The number of rotatable bonds is 4. The van der Waals surface area contributed by atoms with Crippen molar-refractivity contribution in [3.05, 3.63) is 15.9 Å². The summed E-state index contributed by atoms with van der Waals surface area (Å²) in [5, 5.41) is 4.69. The minimum Gasteiger partial charge on any atom is -0.297 e. The van der Waals surface area contributed by atoms with Crippen molar-refractivity contribution in [2.24, 2.45) is 11.8 Å². The fourth-order valence-corrected chi connectivity index (χ4v) is 3.56. The Bertz CT molecular complexity index is 427. The van der Waals surface area contributed by atoms with Gasteiger partial charge < -0.3 is 0 Å². The summed E-state index contributed by atoms with van der Waals surface area (Å²) in [5.74, 6) is 1.66. The van der Waals surface area contributed by atoms with Gasteiger partial charge in [-0.3, -0.25) is 9.58 Å². The van der Waals surface area contributed by atoms with E-state index >= 15 is 0 Å². The average molecular weight is 328 g/mol. The van der Waals surface area contributed by atoms with Gasteiger partial charge >= 0.3 is 0 Å². The molecule has 1 aliphatic heterocycles. The second-order valence-electron chi connectivity index (χ2n) is 5.86. The van der Waals surface area contributed by atoms with E-state index in [2.05, 4.69) is 58.3 Å². The minimum atomic E-state index is 0.802. The number of aryl methyl sites for hydroxylation is 2. The van der Waals surface area contributed by atoms with Crippen LogP contribution in [-0.4, -0.2) is 27.8 Å². The summed E-state index contributed by atoms with van der Waals surface area (Å²) in [6, 6.07) is 0. The maximum Gasteiger partial charge on any atom is 0.0767 e. The fourth-order valence-electron chi connectivity index (χ4n) is 2.87. The van der Waals surface area contributed by atoms with Crippen LogP contribution in [0.5, 0.6) is 0 Å². The van der Waals surface area contributed by atoms with Crippen molar-refractivity contribution in [3.63, 3.8) is 0 Å². The second-order valence-corrected chi connectivity index (χ2v) is 6.65. The third-order valence-corrected chi connectivity index (χ3v) is 5.40. The van der Waals surface area contributed by atoms with Gasteiger partial charge in [0.05, 0.1) is 15.9 Å². The van der Waals surface area contributed by atoms with Gasteiger partial charge in [0, 0.05) is 19.6 Å². The molecule has 108 valence electrons. The highest BCUT2D eigenvalue weighted by atomic mass is 79.9. The van der Waals surface area contributed by atoms with Crippen molar-refractivity contribution >= 4 is 15.9 Å². The number of hydrogen-bond donors (Lipinski definition) is 0. The van der Waals surface area contributed by atoms with Gasteiger partial charge in [0.15, 0.2) is 0 Å². The normalized spacial score (nSPS) is 24.9. The van der Waals surface area contributed by atoms with Gasteiger partial charge in [0.2, 0.25) is 0 Å². The van der Waals surface area contributed by atoms with E-state index in [1.807, 2.05) is 0 Å². The van der Waals surface area contributed by atoms with Crippen molar-refractivity contribution in [2.45, 2.75) is 53.6 Å². The van der Waals surface area contributed by atoms with E-state index in [0.717, 1.165) is 31.3 Å². The van der Waals surface area contributed by atoms with E-state index in [9.17, 15) is 0 Å². The Kier molecular flexibility index (Phi) is 5.07. The molecule has 1 aliphatic rings. The average Bonchev–Trinajstić information content (AvgIpc) is 2.70. The van der Waals surface area contributed by atoms with Crippen molar-refractivity contribution in [3.8, 4) is 0 Å². The molecule has 1 aromatic heterocycles. The molecule has 2 atom stereocenters. The molecule has 0 aromatic carbocycles. The van der Waals surface area contributed by atoms with E-state index in [-0.39, 0.29) is 0 Å². The van der Waals surface area contributed by atoms with Crippen LogP contribution < -0.4 is 0 Å². The first-order chi connectivity index (χ1) is 9.06. The molecule has 0 N–H and O–H groups in total. The molecule has 0 spiro atoms. The van der Waals surface area contributed by atoms with Crippen LogP contribution >= 0.6 is 15.9 Å². The van der Waals surface area contributed by atoms with Crippen LogP contribution in [-0.2, 0) is 19.5 Å². The zero-order valence-electron chi connectivity index (χ0n) is 12.6. The SMILES string of the molecule is CCc1nn(CC)c(CN2CCC(C)C(C)C2)c1Br. The Hall–Kier alpha value is -0.350. The van der Waals surface area contributed by atoms with Crippen LogP contribution in [0, 0.1) is 11.8 Å². The molecule has 0 radical (unpaired) electrons. The topological polar surface area (TPSA) is 21.1 Å². The minimum absolute atomic E-state index is 0.802. The summed E-state index contributed by atoms with van der Waals surface area (Å²) in [4.78, 5) is 2.58. The molecule has 0 bridgehead atoms.